The van der Waals surface area contributed by atoms with E-state index in [2.05, 4.69) is 17.5 Å². The van der Waals surface area contributed by atoms with E-state index in [1.54, 1.807) is 16.7 Å². The van der Waals surface area contributed by atoms with Gasteiger partial charge in [-0.15, -0.1) is 0 Å². The Kier molecular flexibility index (Phi) is 5.44. The van der Waals surface area contributed by atoms with Crippen LogP contribution >= 0.6 is 11.8 Å². The number of carbonyl (C=O) groups excluding carboxylic acids is 1. The quantitative estimate of drug-likeness (QED) is 0.482. The number of hydrazone groups is 1. The number of anilines is 2. The van der Waals surface area contributed by atoms with E-state index in [0.717, 1.165) is 38.9 Å². The highest BCUT2D eigenvalue weighted by atomic mass is 32.2. The maximum atomic E-state index is 13.1. The van der Waals surface area contributed by atoms with Crippen molar-refractivity contribution in [2.24, 2.45) is 5.10 Å². The maximum Gasteiger partial charge on any atom is 0.252 e. The Bertz CT molecular complexity index is 972. The standard InChI is InChI=1S/C23H21N3OS/c1-2-18(17-10-4-3-5-11-17)25-24-16-23(27)26-19-12-6-8-14-21(19)28-22-15-9-7-13-20(22)26/h3-15,24H,2,16H2,1H3/b25-18-. The first-order valence-corrected chi connectivity index (χ1v) is 10.1. The van der Waals surface area contributed by atoms with Crippen molar-refractivity contribution in [1.29, 1.82) is 0 Å². The van der Waals surface area contributed by atoms with Gasteiger partial charge in [0.05, 0.1) is 17.1 Å². The predicted octanol–water partition coefficient (Wildman–Crippen LogP) is 5.22. The number of rotatable bonds is 5. The Balaban J connectivity index is 1.56. The zero-order valence-electron chi connectivity index (χ0n) is 15.6. The topological polar surface area (TPSA) is 44.7 Å². The molecule has 0 radical (unpaired) electrons. The van der Waals surface area contributed by atoms with E-state index < -0.39 is 0 Å². The fraction of sp³-hybridized carbons (Fsp3) is 0.130. The summed E-state index contributed by atoms with van der Waals surface area (Å²) in [5, 5.41) is 4.47. The van der Waals surface area contributed by atoms with Crippen LogP contribution in [0.1, 0.15) is 18.9 Å². The number of hydrogen-bond donors (Lipinski definition) is 1. The monoisotopic (exact) mass is 387 g/mol. The van der Waals surface area contributed by atoms with Crippen LogP contribution in [0.4, 0.5) is 11.4 Å². The Morgan fingerprint density at radius 2 is 1.46 bits per heavy atom. The number of fused-ring (bicyclic) bond motifs is 2. The van der Waals surface area contributed by atoms with E-state index in [1.165, 1.54) is 0 Å². The average molecular weight is 388 g/mol. The molecule has 0 unspecified atom stereocenters. The molecular formula is C23H21N3OS. The van der Waals surface area contributed by atoms with Gasteiger partial charge in [-0.3, -0.25) is 9.69 Å². The first kappa shape index (κ1) is 18.3. The van der Waals surface area contributed by atoms with E-state index >= 15 is 0 Å². The number of nitrogens with one attached hydrogen (secondary N) is 1. The van der Waals surface area contributed by atoms with Crippen molar-refractivity contribution < 1.29 is 4.79 Å². The Hall–Kier alpha value is -3.05. The number of carbonyl (C=O) groups is 1. The van der Waals surface area contributed by atoms with E-state index in [0.29, 0.717) is 0 Å². The fourth-order valence-corrected chi connectivity index (χ4v) is 4.29. The molecule has 1 N–H and O–H groups in total. The van der Waals surface area contributed by atoms with Crippen molar-refractivity contribution in [3.8, 4) is 0 Å². The van der Waals surface area contributed by atoms with E-state index in [4.69, 9.17) is 0 Å². The van der Waals surface area contributed by atoms with Gasteiger partial charge in [-0.2, -0.15) is 5.10 Å². The van der Waals surface area contributed by atoms with Crippen molar-refractivity contribution in [1.82, 2.24) is 5.43 Å². The molecule has 4 rings (SSSR count). The van der Waals surface area contributed by atoms with E-state index in [1.807, 2.05) is 78.9 Å². The molecule has 0 saturated carbocycles. The normalized spacial score (nSPS) is 12.9. The van der Waals surface area contributed by atoms with Crippen molar-refractivity contribution in [3.63, 3.8) is 0 Å². The molecule has 140 valence electrons. The van der Waals surface area contributed by atoms with Gasteiger partial charge in [0.2, 0.25) is 0 Å². The van der Waals surface area contributed by atoms with Crippen LogP contribution in [0, 0.1) is 0 Å². The zero-order valence-corrected chi connectivity index (χ0v) is 16.4. The van der Waals surface area contributed by atoms with Gasteiger partial charge in [0, 0.05) is 9.79 Å². The van der Waals surface area contributed by atoms with Gasteiger partial charge >= 0.3 is 0 Å². The van der Waals surface area contributed by atoms with Gasteiger partial charge in [-0.05, 0) is 36.2 Å². The van der Waals surface area contributed by atoms with Gasteiger partial charge < -0.3 is 5.43 Å². The molecule has 0 bridgehead atoms. The molecule has 0 aliphatic carbocycles. The maximum absolute atomic E-state index is 13.1. The van der Waals surface area contributed by atoms with Gasteiger partial charge in [0.1, 0.15) is 6.54 Å². The lowest BCUT2D eigenvalue weighted by atomic mass is 10.1. The smallest absolute Gasteiger partial charge is 0.252 e. The molecule has 3 aromatic rings. The second kappa shape index (κ2) is 8.31. The lowest BCUT2D eigenvalue weighted by molar-refractivity contribution is -0.117. The summed E-state index contributed by atoms with van der Waals surface area (Å²) in [6, 6.07) is 26.0. The van der Waals surface area contributed by atoms with E-state index in [9.17, 15) is 4.79 Å². The molecule has 5 heteroatoms. The Morgan fingerprint density at radius 3 is 2.07 bits per heavy atom. The second-order valence-corrected chi connectivity index (χ2v) is 7.46. The van der Waals surface area contributed by atoms with Crippen LogP contribution in [0.25, 0.3) is 0 Å². The number of benzene rings is 3. The minimum absolute atomic E-state index is 0.0348. The van der Waals surface area contributed by atoms with Crippen molar-refractivity contribution in [2.45, 2.75) is 23.1 Å². The first-order valence-electron chi connectivity index (χ1n) is 9.31. The van der Waals surface area contributed by atoms with Crippen LogP contribution in [-0.4, -0.2) is 18.2 Å². The third kappa shape index (κ3) is 3.66. The molecule has 0 spiro atoms. The van der Waals surface area contributed by atoms with Crippen LogP contribution in [0.2, 0.25) is 0 Å². The highest BCUT2D eigenvalue weighted by molar-refractivity contribution is 7.99. The van der Waals surface area contributed by atoms with Gasteiger partial charge in [-0.1, -0.05) is 73.3 Å². The Labute approximate surface area is 169 Å². The van der Waals surface area contributed by atoms with Crippen LogP contribution in [0.15, 0.2) is 93.8 Å². The summed E-state index contributed by atoms with van der Waals surface area (Å²) in [6.07, 6.45) is 0.789. The molecule has 0 aromatic heterocycles. The molecule has 1 heterocycles. The predicted molar refractivity (Wildman–Crippen MR) is 115 cm³/mol. The summed E-state index contributed by atoms with van der Waals surface area (Å²) in [5.74, 6) is -0.0348. The fourth-order valence-electron chi connectivity index (χ4n) is 3.23. The van der Waals surface area contributed by atoms with E-state index in [-0.39, 0.29) is 12.5 Å². The molecular weight excluding hydrogens is 366 g/mol. The molecule has 1 aliphatic rings. The third-order valence-electron chi connectivity index (χ3n) is 4.57. The first-order chi connectivity index (χ1) is 13.8. The minimum atomic E-state index is -0.0348. The molecule has 1 aliphatic heterocycles. The molecule has 0 atom stereocenters. The van der Waals surface area contributed by atoms with Crippen LogP contribution in [0.5, 0.6) is 0 Å². The molecule has 1 amide bonds. The third-order valence-corrected chi connectivity index (χ3v) is 5.70. The molecule has 0 saturated heterocycles. The summed E-state index contributed by atoms with van der Waals surface area (Å²) in [4.78, 5) is 17.1. The lowest BCUT2D eigenvalue weighted by Gasteiger charge is -2.30. The molecule has 0 fully saturated rings. The lowest BCUT2D eigenvalue weighted by Crippen LogP contribution is -2.35. The number of amides is 1. The molecule has 4 nitrogen and oxygen atoms in total. The SMILES string of the molecule is CC/C(=N/NCC(=O)N1c2ccccc2Sc2ccccc21)c1ccccc1. The van der Waals surface area contributed by atoms with Crippen molar-refractivity contribution >= 4 is 34.8 Å². The number of nitrogens with zero attached hydrogens (tertiary/aromatic N) is 2. The van der Waals surface area contributed by atoms with Gasteiger partial charge in [-0.25, -0.2) is 0 Å². The minimum Gasteiger partial charge on any atom is -0.300 e. The van der Waals surface area contributed by atoms with Crippen LogP contribution in [-0.2, 0) is 4.79 Å². The largest absolute Gasteiger partial charge is 0.300 e. The van der Waals surface area contributed by atoms with Gasteiger partial charge in [0.15, 0.2) is 0 Å². The zero-order chi connectivity index (χ0) is 19.3. The summed E-state index contributed by atoms with van der Waals surface area (Å²) in [5.41, 5.74) is 6.82. The van der Waals surface area contributed by atoms with Crippen LogP contribution < -0.4 is 10.3 Å². The van der Waals surface area contributed by atoms with Crippen LogP contribution in [0.3, 0.4) is 0 Å². The van der Waals surface area contributed by atoms with Crippen molar-refractivity contribution in [2.75, 3.05) is 11.4 Å². The average Bonchev–Trinajstić information content (AvgIpc) is 2.75. The Morgan fingerprint density at radius 1 is 0.893 bits per heavy atom. The van der Waals surface area contributed by atoms with Crippen molar-refractivity contribution in [3.05, 3.63) is 84.4 Å². The van der Waals surface area contributed by atoms with Gasteiger partial charge in [0.25, 0.3) is 5.91 Å². The highest BCUT2D eigenvalue weighted by Crippen LogP contribution is 2.47. The summed E-state index contributed by atoms with van der Waals surface area (Å²) < 4.78 is 0. The summed E-state index contributed by atoms with van der Waals surface area (Å²) in [7, 11) is 0. The molecule has 3 aromatic carbocycles. The summed E-state index contributed by atoms with van der Waals surface area (Å²) in [6.45, 7) is 2.19. The highest BCUT2D eigenvalue weighted by Gasteiger charge is 2.27. The summed E-state index contributed by atoms with van der Waals surface area (Å²) >= 11 is 1.69. The number of hydrogen-bond acceptors (Lipinski definition) is 4. The number of para-hydroxylation sites is 2. The second-order valence-electron chi connectivity index (χ2n) is 6.38. The molecule has 28 heavy (non-hydrogen) atoms.